The first kappa shape index (κ1) is 10.1. The van der Waals surface area contributed by atoms with Crippen LogP contribution < -0.4 is 10.3 Å². The fraction of sp³-hybridized carbons (Fsp3) is 0.182. The molecule has 2 aromatic rings. The molecule has 2 rings (SSSR count). The van der Waals surface area contributed by atoms with Crippen molar-refractivity contribution in [1.82, 2.24) is 4.57 Å². The molecule has 15 heavy (non-hydrogen) atoms. The lowest BCUT2D eigenvalue weighted by Gasteiger charge is -2.07. The maximum Gasteiger partial charge on any atom is 0.252 e. The molecule has 0 bridgehead atoms. The Morgan fingerprint density at radius 3 is 2.73 bits per heavy atom. The Hall–Kier alpha value is -1.48. The van der Waals surface area contributed by atoms with Crippen LogP contribution in [0, 0.1) is 0 Å². The number of ether oxygens (including phenoxy) is 1. The van der Waals surface area contributed by atoms with Gasteiger partial charge in [-0.2, -0.15) is 0 Å². The monoisotopic (exact) mass is 223 g/mol. The summed E-state index contributed by atoms with van der Waals surface area (Å²) in [6.07, 6.45) is 0. The van der Waals surface area contributed by atoms with Gasteiger partial charge < -0.3 is 9.30 Å². The van der Waals surface area contributed by atoms with Crippen molar-refractivity contribution in [2.75, 3.05) is 7.11 Å². The number of nitrogens with zero attached hydrogens (tertiary/aromatic N) is 1. The molecule has 0 saturated heterocycles. The molecule has 1 aromatic carbocycles. The Morgan fingerprint density at radius 2 is 2.07 bits per heavy atom. The summed E-state index contributed by atoms with van der Waals surface area (Å²) in [5.74, 6) is 0.708. The van der Waals surface area contributed by atoms with Crippen LogP contribution in [0.15, 0.2) is 29.1 Å². The Balaban J connectivity index is 2.91. The largest absolute Gasteiger partial charge is 0.497 e. The van der Waals surface area contributed by atoms with E-state index in [0.717, 1.165) is 10.9 Å². The Morgan fingerprint density at radius 1 is 1.33 bits per heavy atom. The van der Waals surface area contributed by atoms with E-state index >= 15 is 0 Å². The highest BCUT2D eigenvalue weighted by Gasteiger charge is 2.05. The van der Waals surface area contributed by atoms with E-state index in [9.17, 15) is 4.79 Å². The molecule has 0 atom stereocenters. The summed E-state index contributed by atoms with van der Waals surface area (Å²) in [5, 5.41) is 1.32. The zero-order valence-corrected chi connectivity index (χ0v) is 9.21. The molecule has 0 spiro atoms. The topological polar surface area (TPSA) is 31.2 Å². The van der Waals surface area contributed by atoms with Crippen molar-refractivity contribution in [3.63, 3.8) is 0 Å². The normalized spacial score (nSPS) is 10.6. The van der Waals surface area contributed by atoms with Gasteiger partial charge in [-0.15, -0.1) is 0 Å². The fourth-order valence-electron chi connectivity index (χ4n) is 1.52. The van der Waals surface area contributed by atoms with Crippen molar-refractivity contribution in [2.24, 2.45) is 7.05 Å². The average Bonchev–Trinajstić information content (AvgIpc) is 2.25. The van der Waals surface area contributed by atoms with Gasteiger partial charge in [0.2, 0.25) is 0 Å². The first-order chi connectivity index (χ1) is 7.13. The number of fused-ring (bicyclic) bond motifs is 1. The fourth-order valence-corrected chi connectivity index (χ4v) is 1.77. The number of methoxy groups -OCH3 is 1. The van der Waals surface area contributed by atoms with Crippen LogP contribution in [0.25, 0.3) is 10.9 Å². The summed E-state index contributed by atoms with van der Waals surface area (Å²) in [5.41, 5.74) is 0.646. The molecule has 3 nitrogen and oxygen atoms in total. The predicted molar refractivity (Wildman–Crippen MR) is 60.8 cm³/mol. The van der Waals surface area contributed by atoms with Gasteiger partial charge in [0, 0.05) is 24.6 Å². The molecule has 1 aromatic heterocycles. The average molecular weight is 224 g/mol. The minimum absolute atomic E-state index is 0.124. The van der Waals surface area contributed by atoms with E-state index in [1.807, 2.05) is 12.1 Å². The van der Waals surface area contributed by atoms with Crippen molar-refractivity contribution >= 4 is 22.5 Å². The van der Waals surface area contributed by atoms with Crippen LogP contribution in [0.1, 0.15) is 0 Å². The van der Waals surface area contributed by atoms with E-state index in [0.29, 0.717) is 10.8 Å². The third kappa shape index (κ3) is 1.59. The molecule has 0 fully saturated rings. The van der Waals surface area contributed by atoms with E-state index in [1.54, 1.807) is 24.8 Å². The molecule has 0 saturated carbocycles. The van der Waals surface area contributed by atoms with Gasteiger partial charge in [0.1, 0.15) is 5.75 Å². The highest BCUT2D eigenvalue weighted by Crippen LogP contribution is 2.24. The minimum atomic E-state index is -0.124. The maximum absolute atomic E-state index is 11.5. The molecule has 1 heterocycles. The number of aromatic nitrogens is 1. The second-order valence-electron chi connectivity index (χ2n) is 3.27. The molecular weight excluding hydrogens is 214 g/mol. The van der Waals surface area contributed by atoms with Gasteiger partial charge in [-0.25, -0.2) is 0 Å². The number of rotatable bonds is 1. The van der Waals surface area contributed by atoms with E-state index in [2.05, 4.69) is 0 Å². The molecule has 4 heteroatoms. The second-order valence-corrected chi connectivity index (χ2v) is 3.68. The summed E-state index contributed by atoms with van der Waals surface area (Å²) in [7, 11) is 3.30. The van der Waals surface area contributed by atoms with Crippen LogP contribution in [0.2, 0.25) is 5.02 Å². The number of aryl methyl sites for hydroxylation is 1. The van der Waals surface area contributed by atoms with Crippen LogP contribution in [-0.2, 0) is 7.05 Å². The van der Waals surface area contributed by atoms with Gasteiger partial charge in [-0.05, 0) is 12.1 Å². The molecule has 0 radical (unpaired) electrons. The number of hydrogen-bond acceptors (Lipinski definition) is 2. The Bertz CT molecular complexity index is 575. The number of benzene rings is 1. The van der Waals surface area contributed by atoms with Crippen LogP contribution in [0.3, 0.4) is 0 Å². The van der Waals surface area contributed by atoms with Crippen LogP contribution >= 0.6 is 11.6 Å². The lowest BCUT2D eigenvalue weighted by Crippen LogP contribution is -2.15. The lowest BCUT2D eigenvalue weighted by atomic mass is 10.2. The zero-order chi connectivity index (χ0) is 11.0. The van der Waals surface area contributed by atoms with Gasteiger partial charge in [0.05, 0.1) is 17.6 Å². The summed E-state index contributed by atoms with van der Waals surface area (Å²) >= 11 is 5.98. The minimum Gasteiger partial charge on any atom is -0.497 e. The van der Waals surface area contributed by atoms with Crippen molar-refractivity contribution in [1.29, 1.82) is 0 Å². The van der Waals surface area contributed by atoms with Gasteiger partial charge in [0.15, 0.2) is 0 Å². The number of hydrogen-bond donors (Lipinski definition) is 0. The number of pyridine rings is 1. The van der Waals surface area contributed by atoms with Crippen molar-refractivity contribution in [3.8, 4) is 5.75 Å². The number of halogens is 1. The lowest BCUT2D eigenvalue weighted by molar-refractivity contribution is 0.415. The molecule has 0 aliphatic carbocycles. The molecule has 0 unspecified atom stereocenters. The van der Waals surface area contributed by atoms with Crippen molar-refractivity contribution in [3.05, 3.63) is 39.6 Å². The standard InChI is InChI=1S/C11H10ClNO2/c1-13-10-5-7(15-2)3-4-8(10)9(12)6-11(13)14/h3-6H,1-2H3. The molecule has 0 amide bonds. The van der Waals surface area contributed by atoms with Crippen LogP contribution in [-0.4, -0.2) is 11.7 Å². The van der Waals surface area contributed by atoms with E-state index in [1.165, 1.54) is 6.07 Å². The molecule has 0 N–H and O–H groups in total. The Labute approximate surface area is 91.9 Å². The summed E-state index contributed by atoms with van der Waals surface area (Å²) in [4.78, 5) is 11.5. The van der Waals surface area contributed by atoms with Crippen LogP contribution in [0.5, 0.6) is 5.75 Å². The van der Waals surface area contributed by atoms with E-state index < -0.39 is 0 Å². The first-order valence-corrected chi connectivity index (χ1v) is 4.84. The maximum atomic E-state index is 11.5. The predicted octanol–water partition coefficient (Wildman–Crippen LogP) is 2.20. The van der Waals surface area contributed by atoms with Crippen LogP contribution in [0.4, 0.5) is 0 Å². The quantitative estimate of drug-likeness (QED) is 0.742. The van der Waals surface area contributed by atoms with Gasteiger partial charge in [0.25, 0.3) is 5.56 Å². The third-order valence-electron chi connectivity index (χ3n) is 2.40. The Kier molecular flexibility index (Phi) is 2.40. The summed E-state index contributed by atoms with van der Waals surface area (Å²) < 4.78 is 6.64. The highest BCUT2D eigenvalue weighted by molar-refractivity contribution is 6.35. The molecule has 0 aliphatic rings. The smallest absolute Gasteiger partial charge is 0.252 e. The molecule has 0 aliphatic heterocycles. The van der Waals surface area contributed by atoms with Gasteiger partial charge in [-0.3, -0.25) is 4.79 Å². The molecular formula is C11H10ClNO2. The van der Waals surface area contributed by atoms with Crippen molar-refractivity contribution in [2.45, 2.75) is 0 Å². The summed E-state index contributed by atoms with van der Waals surface area (Å²) in [6, 6.07) is 6.87. The first-order valence-electron chi connectivity index (χ1n) is 4.47. The SMILES string of the molecule is COc1ccc2c(Cl)cc(=O)n(C)c2c1. The summed E-state index contributed by atoms with van der Waals surface area (Å²) in [6.45, 7) is 0. The third-order valence-corrected chi connectivity index (χ3v) is 2.72. The second kappa shape index (κ2) is 3.59. The zero-order valence-electron chi connectivity index (χ0n) is 8.45. The van der Waals surface area contributed by atoms with E-state index in [-0.39, 0.29) is 5.56 Å². The van der Waals surface area contributed by atoms with Crippen molar-refractivity contribution < 1.29 is 4.74 Å². The highest BCUT2D eigenvalue weighted by atomic mass is 35.5. The van der Waals surface area contributed by atoms with E-state index in [4.69, 9.17) is 16.3 Å². The molecule has 78 valence electrons. The van der Waals surface area contributed by atoms with Gasteiger partial charge in [-0.1, -0.05) is 11.6 Å². The van der Waals surface area contributed by atoms with Gasteiger partial charge >= 0.3 is 0 Å².